The van der Waals surface area contributed by atoms with Gasteiger partial charge in [-0.1, -0.05) is 19.3 Å². The zero-order valence-electron chi connectivity index (χ0n) is 11.5. The van der Waals surface area contributed by atoms with Gasteiger partial charge in [-0.3, -0.25) is 0 Å². The Morgan fingerprint density at radius 2 is 1.90 bits per heavy atom. The summed E-state index contributed by atoms with van der Waals surface area (Å²) in [5.74, 6) is 0. The maximum Gasteiger partial charge on any atom is 0.417 e. The molecule has 1 aliphatic carbocycles. The lowest BCUT2D eigenvalue weighted by molar-refractivity contribution is -0.137. The second kappa shape index (κ2) is 5.94. The smallest absolute Gasteiger partial charge is 0.388 e. The van der Waals surface area contributed by atoms with Gasteiger partial charge in [0.1, 0.15) is 0 Å². The third-order valence-corrected chi connectivity index (χ3v) is 3.85. The SMILES string of the molecule is N#Cc1ccc(NCC2(O)CCCCC2)cc1C(F)(F)F. The van der Waals surface area contributed by atoms with Crippen LogP contribution in [0.15, 0.2) is 18.2 Å². The van der Waals surface area contributed by atoms with E-state index in [1.54, 1.807) is 6.07 Å². The number of halogens is 3. The molecule has 1 aliphatic rings. The molecule has 21 heavy (non-hydrogen) atoms. The fourth-order valence-electron chi connectivity index (χ4n) is 2.64. The fraction of sp³-hybridized carbons (Fsp3) is 0.533. The van der Waals surface area contributed by atoms with Crippen molar-refractivity contribution in [1.29, 1.82) is 5.26 Å². The highest BCUT2D eigenvalue weighted by Crippen LogP contribution is 2.34. The van der Waals surface area contributed by atoms with E-state index in [1.165, 1.54) is 6.07 Å². The lowest BCUT2D eigenvalue weighted by atomic mass is 9.85. The van der Waals surface area contributed by atoms with Crippen molar-refractivity contribution in [3.63, 3.8) is 0 Å². The number of benzene rings is 1. The molecule has 114 valence electrons. The Morgan fingerprint density at radius 3 is 2.48 bits per heavy atom. The van der Waals surface area contributed by atoms with Crippen LogP contribution in [0.4, 0.5) is 18.9 Å². The van der Waals surface area contributed by atoms with Crippen LogP contribution in [0.25, 0.3) is 0 Å². The van der Waals surface area contributed by atoms with Gasteiger partial charge in [0.2, 0.25) is 0 Å². The molecule has 0 amide bonds. The summed E-state index contributed by atoms with van der Waals surface area (Å²) >= 11 is 0. The molecule has 2 N–H and O–H groups in total. The van der Waals surface area contributed by atoms with Crippen LogP contribution in [-0.4, -0.2) is 17.3 Å². The molecule has 0 heterocycles. The molecule has 0 radical (unpaired) electrons. The first kappa shape index (κ1) is 15.6. The van der Waals surface area contributed by atoms with Crippen molar-refractivity contribution in [2.75, 3.05) is 11.9 Å². The van der Waals surface area contributed by atoms with Crippen LogP contribution in [0, 0.1) is 11.3 Å². The van der Waals surface area contributed by atoms with Crippen LogP contribution in [0.3, 0.4) is 0 Å². The summed E-state index contributed by atoms with van der Waals surface area (Å²) in [4.78, 5) is 0. The normalized spacial score (nSPS) is 18.0. The summed E-state index contributed by atoms with van der Waals surface area (Å²) in [6.07, 6.45) is -0.314. The molecule has 0 bridgehead atoms. The standard InChI is InChI=1S/C15H17F3N2O/c16-15(17,18)13-8-12(5-4-11(13)9-19)20-10-14(21)6-2-1-3-7-14/h4-5,8,20-21H,1-3,6-7,10H2. The first-order valence-electron chi connectivity index (χ1n) is 6.92. The Bertz CT molecular complexity index is 543. The quantitative estimate of drug-likeness (QED) is 0.895. The van der Waals surface area contributed by atoms with Crippen molar-refractivity contribution >= 4 is 5.69 Å². The molecule has 1 aromatic rings. The van der Waals surface area contributed by atoms with Gasteiger partial charge >= 0.3 is 6.18 Å². The Morgan fingerprint density at radius 1 is 1.24 bits per heavy atom. The van der Waals surface area contributed by atoms with Crippen molar-refractivity contribution in [3.8, 4) is 6.07 Å². The number of hydrogen-bond donors (Lipinski definition) is 2. The average molecular weight is 298 g/mol. The zero-order valence-corrected chi connectivity index (χ0v) is 11.5. The second-order valence-corrected chi connectivity index (χ2v) is 5.51. The van der Waals surface area contributed by atoms with Gasteiger partial charge in [-0.05, 0) is 31.0 Å². The molecule has 1 fully saturated rings. The van der Waals surface area contributed by atoms with E-state index < -0.39 is 22.9 Å². The molecular weight excluding hydrogens is 281 g/mol. The van der Waals surface area contributed by atoms with Crippen molar-refractivity contribution in [3.05, 3.63) is 29.3 Å². The predicted molar refractivity (Wildman–Crippen MR) is 72.7 cm³/mol. The number of rotatable bonds is 3. The van der Waals surface area contributed by atoms with Gasteiger partial charge in [0, 0.05) is 12.2 Å². The highest BCUT2D eigenvalue weighted by Gasteiger charge is 2.34. The molecule has 6 heteroatoms. The minimum Gasteiger partial charge on any atom is -0.388 e. The Balaban J connectivity index is 2.12. The summed E-state index contributed by atoms with van der Waals surface area (Å²) in [5.41, 5.74) is -1.94. The monoisotopic (exact) mass is 298 g/mol. The molecule has 2 rings (SSSR count). The number of hydrogen-bond acceptors (Lipinski definition) is 3. The topological polar surface area (TPSA) is 56.0 Å². The van der Waals surface area contributed by atoms with E-state index in [-0.39, 0.29) is 12.2 Å². The van der Waals surface area contributed by atoms with Crippen LogP contribution in [-0.2, 0) is 6.18 Å². The predicted octanol–water partition coefficient (Wildman–Crippen LogP) is 3.68. The van der Waals surface area contributed by atoms with Gasteiger partial charge in [0.25, 0.3) is 0 Å². The molecule has 3 nitrogen and oxygen atoms in total. The van der Waals surface area contributed by atoms with E-state index >= 15 is 0 Å². The van der Waals surface area contributed by atoms with Gasteiger partial charge in [0.05, 0.1) is 22.8 Å². The lowest BCUT2D eigenvalue weighted by Gasteiger charge is -2.32. The molecule has 0 unspecified atom stereocenters. The highest BCUT2D eigenvalue weighted by atomic mass is 19.4. The molecule has 1 aromatic carbocycles. The van der Waals surface area contributed by atoms with Crippen LogP contribution in [0.5, 0.6) is 0 Å². The number of aliphatic hydroxyl groups is 1. The van der Waals surface area contributed by atoms with E-state index in [1.807, 2.05) is 0 Å². The van der Waals surface area contributed by atoms with Crippen LogP contribution in [0.2, 0.25) is 0 Å². The minimum atomic E-state index is -4.56. The summed E-state index contributed by atoms with van der Waals surface area (Å²) in [5, 5.41) is 21.9. The van der Waals surface area contributed by atoms with Crippen LogP contribution >= 0.6 is 0 Å². The third-order valence-electron chi connectivity index (χ3n) is 3.85. The minimum absolute atomic E-state index is 0.218. The van der Waals surface area contributed by atoms with Gasteiger partial charge in [0.15, 0.2) is 0 Å². The Labute approximate surface area is 121 Å². The van der Waals surface area contributed by atoms with E-state index in [0.29, 0.717) is 12.8 Å². The van der Waals surface area contributed by atoms with Crippen molar-refractivity contribution in [2.45, 2.75) is 43.9 Å². The largest absolute Gasteiger partial charge is 0.417 e. The summed E-state index contributed by atoms with van der Waals surface area (Å²) in [6, 6.07) is 5.05. The maximum absolute atomic E-state index is 12.9. The Hall–Kier alpha value is -1.74. The summed E-state index contributed by atoms with van der Waals surface area (Å²) in [6.45, 7) is 0.218. The lowest BCUT2D eigenvalue weighted by Crippen LogP contribution is -2.38. The fourth-order valence-corrected chi connectivity index (χ4v) is 2.64. The Kier molecular flexibility index (Phi) is 4.43. The van der Waals surface area contributed by atoms with Gasteiger partial charge in [-0.2, -0.15) is 18.4 Å². The maximum atomic E-state index is 12.9. The first-order chi connectivity index (χ1) is 9.84. The molecule has 1 saturated carbocycles. The van der Waals surface area contributed by atoms with E-state index in [0.717, 1.165) is 31.4 Å². The molecule has 0 aliphatic heterocycles. The first-order valence-corrected chi connectivity index (χ1v) is 6.92. The molecule has 0 atom stereocenters. The zero-order chi connectivity index (χ0) is 15.5. The average Bonchev–Trinajstić information content (AvgIpc) is 2.45. The molecule has 0 saturated heterocycles. The van der Waals surface area contributed by atoms with Gasteiger partial charge in [-0.25, -0.2) is 0 Å². The number of nitriles is 1. The van der Waals surface area contributed by atoms with E-state index in [9.17, 15) is 18.3 Å². The number of alkyl halides is 3. The molecule has 0 spiro atoms. The molecule has 0 aromatic heterocycles. The van der Waals surface area contributed by atoms with Crippen molar-refractivity contribution in [1.82, 2.24) is 0 Å². The van der Waals surface area contributed by atoms with Crippen LogP contribution < -0.4 is 5.32 Å². The van der Waals surface area contributed by atoms with Gasteiger partial charge in [-0.15, -0.1) is 0 Å². The highest BCUT2D eigenvalue weighted by molar-refractivity contribution is 5.53. The molecular formula is C15H17F3N2O. The number of nitrogens with zero attached hydrogens (tertiary/aromatic N) is 1. The van der Waals surface area contributed by atoms with E-state index in [4.69, 9.17) is 5.26 Å². The van der Waals surface area contributed by atoms with Crippen LogP contribution in [0.1, 0.15) is 43.2 Å². The number of nitrogens with one attached hydrogen (secondary N) is 1. The van der Waals surface area contributed by atoms with Crippen molar-refractivity contribution in [2.24, 2.45) is 0 Å². The van der Waals surface area contributed by atoms with Gasteiger partial charge < -0.3 is 10.4 Å². The third kappa shape index (κ3) is 3.88. The summed E-state index contributed by atoms with van der Waals surface area (Å²) in [7, 11) is 0. The number of anilines is 1. The van der Waals surface area contributed by atoms with Crippen molar-refractivity contribution < 1.29 is 18.3 Å². The second-order valence-electron chi connectivity index (χ2n) is 5.51. The van der Waals surface area contributed by atoms with E-state index in [2.05, 4.69) is 5.32 Å². The summed E-state index contributed by atoms with van der Waals surface area (Å²) < 4.78 is 38.6.